The molecule has 7 rings (SSSR count). The number of nitrogens with zero attached hydrogens (tertiary/aromatic N) is 2. The zero-order chi connectivity index (χ0) is 33.8. The van der Waals surface area contributed by atoms with Crippen LogP contribution in [0.3, 0.4) is 0 Å². The van der Waals surface area contributed by atoms with Crippen LogP contribution in [-0.2, 0) is 38.8 Å². The molecule has 3 aromatic rings. The molecule has 48 heavy (non-hydrogen) atoms. The maximum Gasteiger partial charge on any atom is 0.416 e. The maximum atomic E-state index is 13.7. The Morgan fingerprint density at radius 1 is 1.06 bits per heavy atom. The van der Waals surface area contributed by atoms with Crippen molar-refractivity contribution in [3.8, 4) is 11.5 Å². The minimum atomic E-state index is -4.43. The topological polar surface area (TPSA) is 68.3 Å². The van der Waals surface area contributed by atoms with Crippen molar-refractivity contribution in [3.05, 3.63) is 101 Å². The van der Waals surface area contributed by atoms with Gasteiger partial charge in [0.15, 0.2) is 11.5 Å². The first-order chi connectivity index (χ1) is 23.0. The Labute approximate surface area is 278 Å². The lowest BCUT2D eigenvalue weighted by molar-refractivity contribution is -0.223. The van der Waals surface area contributed by atoms with Crippen LogP contribution >= 0.6 is 0 Å². The SMILES string of the molecule is COc1ccc2c3c1O[C@H]1[C@H](N(C)C(=O)C=Cc4ccc(C(F)(F)F)cc4)CC[C@@]4(OC(C)=O)[C@@H](C2)N(CCc2ccccc2)CC[C@]314. The van der Waals surface area contributed by atoms with Gasteiger partial charge in [0.05, 0.1) is 30.2 Å². The van der Waals surface area contributed by atoms with Gasteiger partial charge in [0.25, 0.3) is 0 Å². The molecule has 2 heterocycles. The van der Waals surface area contributed by atoms with Gasteiger partial charge in [-0.1, -0.05) is 48.5 Å². The lowest BCUT2D eigenvalue weighted by atomic mass is 9.48. The molecule has 1 spiro atoms. The van der Waals surface area contributed by atoms with Crippen molar-refractivity contribution >= 4 is 18.0 Å². The van der Waals surface area contributed by atoms with Crippen LogP contribution in [0.1, 0.15) is 54.0 Å². The van der Waals surface area contributed by atoms with Gasteiger partial charge in [-0.15, -0.1) is 0 Å². The number of hydrogen-bond acceptors (Lipinski definition) is 6. The number of carbonyl (C=O) groups is 2. The van der Waals surface area contributed by atoms with Gasteiger partial charge in [0.1, 0.15) is 11.7 Å². The molecular formula is C38H39F3N2O5. The molecule has 10 heteroatoms. The highest BCUT2D eigenvalue weighted by Gasteiger charge is 2.75. The van der Waals surface area contributed by atoms with Crippen molar-refractivity contribution in [3.63, 3.8) is 0 Å². The van der Waals surface area contributed by atoms with Gasteiger partial charge in [-0.05, 0) is 79.6 Å². The summed E-state index contributed by atoms with van der Waals surface area (Å²) in [6, 6.07) is 18.6. The van der Waals surface area contributed by atoms with E-state index in [1.54, 1.807) is 19.1 Å². The molecule has 2 fully saturated rings. The number of alkyl halides is 3. The number of amides is 1. The molecule has 1 saturated heterocycles. The smallest absolute Gasteiger partial charge is 0.416 e. The van der Waals surface area contributed by atoms with Gasteiger partial charge < -0.3 is 19.1 Å². The van der Waals surface area contributed by atoms with E-state index in [-0.39, 0.29) is 24.0 Å². The average Bonchev–Trinajstić information content (AvgIpc) is 3.42. The number of esters is 1. The van der Waals surface area contributed by atoms with Crippen molar-refractivity contribution in [2.24, 2.45) is 0 Å². The number of likely N-dealkylation sites (tertiary alicyclic amines) is 1. The van der Waals surface area contributed by atoms with Gasteiger partial charge in [0, 0.05) is 32.2 Å². The number of carbonyl (C=O) groups excluding carboxylic acids is 2. The zero-order valence-electron chi connectivity index (χ0n) is 27.3. The minimum absolute atomic E-state index is 0.0849. The Balaban J connectivity index is 1.24. The van der Waals surface area contributed by atoms with E-state index in [4.69, 9.17) is 14.2 Å². The monoisotopic (exact) mass is 660 g/mol. The summed E-state index contributed by atoms with van der Waals surface area (Å²) < 4.78 is 58.4. The number of benzene rings is 3. The number of likely N-dealkylation sites (N-methyl/N-ethyl adjacent to an activating group) is 1. The fraction of sp³-hybridized carbons (Fsp3) is 0.421. The van der Waals surface area contributed by atoms with Gasteiger partial charge in [-0.2, -0.15) is 13.2 Å². The highest BCUT2D eigenvalue weighted by Crippen LogP contribution is 2.67. The van der Waals surface area contributed by atoms with Crippen LogP contribution in [0.4, 0.5) is 13.2 Å². The second-order valence-electron chi connectivity index (χ2n) is 13.4. The van der Waals surface area contributed by atoms with Crippen LogP contribution in [0.25, 0.3) is 6.08 Å². The summed E-state index contributed by atoms with van der Waals surface area (Å²) >= 11 is 0. The fourth-order valence-electron chi connectivity index (χ4n) is 9.00. The summed E-state index contributed by atoms with van der Waals surface area (Å²) in [5.74, 6) is 0.621. The fourth-order valence-corrected chi connectivity index (χ4v) is 9.00. The summed E-state index contributed by atoms with van der Waals surface area (Å²) in [6.07, 6.45) is 1.27. The third-order valence-corrected chi connectivity index (χ3v) is 11.1. The molecule has 2 aliphatic heterocycles. The predicted molar refractivity (Wildman–Crippen MR) is 174 cm³/mol. The summed E-state index contributed by atoms with van der Waals surface area (Å²) in [7, 11) is 3.34. The first-order valence-corrected chi connectivity index (χ1v) is 16.5. The molecule has 1 amide bonds. The van der Waals surface area contributed by atoms with E-state index < -0.39 is 28.9 Å². The zero-order valence-corrected chi connectivity index (χ0v) is 27.3. The number of halogens is 3. The molecule has 5 atom stereocenters. The molecular weight excluding hydrogens is 621 g/mol. The third-order valence-electron chi connectivity index (χ3n) is 11.1. The second-order valence-corrected chi connectivity index (χ2v) is 13.4. The number of methoxy groups -OCH3 is 1. The Morgan fingerprint density at radius 2 is 1.81 bits per heavy atom. The maximum absolute atomic E-state index is 13.7. The van der Waals surface area contributed by atoms with Gasteiger partial charge in [-0.3, -0.25) is 14.5 Å². The van der Waals surface area contributed by atoms with E-state index in [9.17, 15) is 22.8 Å². The lowest BCUT2D eigenvalue weighted by Gasteiger charge is -2.65. The molecule has 0 aromatic heterocycles. The molecule has 3 aromatic carbocycles. The van der Waals surface area contributed by atoms with E-state index in [2.05, 4.69) is 23.1 Å². The van der Waals surface area contributed by atoms with Crippen LogP contribution in [-0.4, -0.2) is 72.7 Å². The van der Waals surface area contributed by atoms with E-state index in [1.165, 1.54) is 36.8 Å². The van der Waals surface area contributed by atoms with Crippen molar-refractivity contribution < 1.29 is 37.0 Å². The van der Waals surface area contributed by atoms with Crippen LogP contribution in [0.2, 0.25) is 0 Å². The molecule has 2 bridgehead atoms. The lowest BCUT2D eigenvalue weighted by Crippen LogP contribution is -2.79. The van der Waals surface area contributed by atoms with Gasteiger partial charge in [-0.25, -0.2) is 0 Å². The molecule has 252 valence electrons. The Bertz CT molecular complexity index is 1740. The highest BCUT2D eigenvalue weighted by atomic mass is 19.4. The molecule has 0 radical (unpaired) electrons. The largest absolute Gasteiger partial charge is 0.493 e. The van der Waals surface area contributed by atoms with Gasteiger partial charge >= 0.3 is 12.1 Å². The number of piperidine rings is 1. The molecule has 7 nitrogen and oxygen atoms in total. The normalized spacial score (nSPS) is 27.2. The van der Waals surface area contributed by atoms with Crippen LogP contribution in [0, 0.1) is 0 Å². The first-order valence-electron chi connectivity index (χ1n) is 16.5. The van der Waals surface area contributed by atoms with E-state index in [0.717, 1.165) is 42.8 Å². The quantitative estimate of drug-likeness (QED) is 0.211. The van der Waals surface area contributed by atoms with E-state index in [0.29, 0.717) is 42.7 Å². The Hall–Kier alpha value is -4.31. The standard InChI is InChI=1S/C38H39F3N2O5/c1-24(44)48-37-19-17-29(42(2)32(45)16-11-26-9-13-28(14-10-26)38(39,40)41)35-36(37)20-22-43(21-18-25-7-5-4-6-8-25)31(37)23-27-12-15-30(46-3)34(47-35)33(27)36/h4-16,29,31,35H,17-23H2,1-3H3/t29-,31-,35+,36+,37-/m1/s1. The summed E-state index contributed by atoms with van der Waals surface area (Å²) in [4.78, 5) is 30.8. The van der Waals surface area contributed by atoms with E-state index >= 15 is 0 Å². The second kappa shape index (κ2) is 12.0. The van der Waals surface area contributed by atoms with Crippen LogP contribution < -0.4 is 9.47 Å². The number of ether oxygens (including phenoxy) is 3. The predicted octanol–water partition coefficient (Wildman–Crippen LogP) is 6.22. The van der Waals surface area contributed by atoms with E-state index in [1.807, 2.05) is 24.3 Å². The highest BCUT2D eigenvalue weighted by molar-refractivity contribution is 5.92. The molecule has 1 saturated carbocycles. The number of hydrogen-bond donors (Lipinski definition) is 0. The molecule has 0 unspecified atom stereocenters. The van der Waals surface area contributed by atoms with Crippen molar-refractivity contribution in [2.45, 2.75) is 74.4 Å². The average molecular weight is 661 g/mol. The van der Waals surface area contributed by atoms with Crippen molar-refractivity contribution in [1.29, 1.82) is 0 Å². The molecule has 0 N–H and O–H groups in total. The summed E-state index contributed by atoms with van der Waals surface area (Å²) in [5.41, 5.74) is 1.57. The third kappa shape index (κ3) is 5.07. The molecule has 2 aliphatic carbocycles. The summed E-state index contributed by atoms with van der Waals surface area (Å²) in [6.45, 7) is 3.05. The Kier molecular flexibility index (Phi) is 8.05. The number of rotatable bonds is 8. The summed E-state index contributed by atoms with van der Waals surface area (Å²) in [5, 5.41) is 0. The van der Waals surface area contributed by atoms with Crippen LogP contribution in [0.15, 0.2) is 72.8 Å². The van der Waals surface area contributed by atoms with Crippen molar-refractivity contribution in [1.82, 2.24) is 9.80 Å². The first kappa shape index (κ1) is 32.2. The minimum Gasteiger partial charge on any atom is -0.493 e. The Morgan fingerprint density at radius 3 is 2.50 bits per heavy atom. The van der Waals surface area contributed by atoms with Crippen LogP contribution in [0.5, 0.6) is 11.5 Å². The van der Waals surface area contributed by atoms with Crippen molar-refractivity contribution in [2.75, 3.05) is 27.2 Å². The molecule has 4 aliphatic rings. The van der Waals surface area contributed by atoms with Gasteiger partial charge in [0.2, 0.25) is 5.91 Å².